The lowest BCUT2D eigenvalue weighted by Gasteiger charge is -2.30. The predicted molar refractivity (Wildman–Crippen MR) is 151 cm³/mol. The van der Waals surface area contributed by atoms with Gasteiger partial charge in [0.2, 0.25) is 0 Å². The lowest BCUT2D eigenvalue weighted by atomic mass is 10.00. The van der Waals surface area contributed by atoms with Gasteiger partial charge in [0, 0.05) is 30.0 Å². The Kier molecular flexibility index (Phi) is 7.22. The van der Waals surface area contributed by atoms with E-state index >= 15 is 0 Å². The summed E-state index contributed by atoms with van der Waals surface area (Å²) in [5.41, 5.74) is 5.00. The minimum atomic E-state index is -0.662. The van der Waals surface area contributed by atoms with Crippen LogP contribution in [0.4, 0.5) is 4.39 Å². The van der Waals surface area contributed by atoms with Gasteiger partial charge in [-0.25, -0.2) is 9.07 Å². The van der Waals surface area contributed by atoms with E-state index in [4.69, 9.17) is 4.42 Å². The quantitative estimate of drug-likeness (QED) is 0.268. The van der Waals surface area contributed by atoms with Crippen molar-refractivity contribution in [2.75, 3.05) is 0 Å². The van der Waals surface area contributed by atoms with Gasteiger partial charge in [0.1, 0.15) is 17.6 Å². The molecule has 9 nitrogen and oxygen atoms in total. The number of nitrogens with one attached hydrogen (secondary N) is 1. The molecule has 1 N–H and O–H groups in total. The average Bonchev–Trinajstić information content (AvgIpc) is 3.65. The normalized spacial score (nSPS) is 12.3. The molecule has 0 aliphatic heterocycles. The van der Waals surface area contributed by atoms with Crippen molar-refractivity contribution in [3.05, 3.63) is 141 Å². The molecule has 0 saturated carbocycles. The molecule has 1 atom stereocenters. The lowest BCUT2D eigenvalue weighted by molar-refractivity contribution is 0.179. The molecular weight excluding hydrogens is 521 g/mol. The summed E-state index contributed by atoms with van der Waals surface area (Å²) in [6.45, 7) is 5.18. The summed E-state index contributed by atoms with van der Waals surface area (Å²) in [6.07, 6.45) is 5.14. The second kappa shape index (κ2) is 11.3. The maximum atomic E-state index is 13.8. The maximum absolute atomic E-state index is 13.8. The summed E-state index contributed by atoms with van der Waals surface area (Å²) in [6, 6.07) is 19.1. The van der Waals surface area contributed by atoms with Crippen LogP contribution in [0.25, 0.3) is 10.9 Å². The van der Waals surface area contributed by atoms with E-state index in [2.05, 4.69) is 36.5 Å². The number of fused-ring (bicyclic) bond motifs is 1. The molecule has 0 aliphatic carbocycles. The fourth-order valence-corrected chi connectivity index (χ4v) is 5.05. The van der Waals surface area contributed by atoms with E-state index < -0.39 is 6.04 Å². The third-order valence-corrected chi connectivity index (χ3v) is 7.24. The summed E-state index contributed by atoms with van der Waals surface area (Å²) in [5.74, 6) is 0.872. The fraction of sp³-hybridized carbons (Fsp3) is 0.194. The summed E-state index contributed by atoms with van der Waals surface area (Å²) in [7, 11) is 0. The predicted octanol–water partition coefficient (Wildman–Crippen LogP) is 5.10. The Labute approximate surface area is 235 Å². The van der Waals surface area contributed by atoms with Gasteiger partial charge < -0.3 is 9.40 Å². The van der Waals surface area contributed by atoms with Gasteiger partial charge in [-0.3, -0.25) is 14.7 Å². The fourth-order valence-electron chi connectivity index (χ4n) is 5.05. The molecule has 41 heavy (non-hydrogen) atoms. The smallest absolute Gasteiger partial charge is 0.253 e. The van der Waals surface area contributed by atoms with E-state index in [1.807, 2.05) is 50.2 Å². The van der Waals surface area contributed by atoms with Crippen molar-refractivity contribution in [3.8, 4) is 0 Å². The van der Waals surface area contributed by atoms with Crippen LogP contribution in [0.2, 0.25) is 0 Å². The van der Waals surface area contributed by atoms with Gasteiger partial charge >= 0.3 is 0 Å². The number of nitrogens with zero attached hydrogens (tertiary/aromatic N) is 6. The van der Waals surface area contributed by atoms with Crippen LogP contribution in [-0.2, 0) is 19.6 Å². The Morgan fingerprint density at radius 1 is 1.00 bits per heavy atom. The first-order valence-corrected chi connectivity index (χ1v) is 13.2. The maximum Gasteiger partial charge on any atom is 0.253 e. The van der Waals surface area contributed by atoms with Gasteiger partial charge in [0.15, 0.2) is 5.82 Å². The van der Waals surface area contributed by atoms with Crippen LogP contribution in [0.15, 0.2) is 94.6 Å². The van der Waals surface area contributed by atoms with Crippen molar-refractivity contribution in [2.24, 2.45) is 0 Å². The van der Waals surface area contributed by atoms with Crippen molar-refractivity contribution in [2.45, 2.75) is 39.5 Å². The molecule has 0 amide bonds. The van der Waals surface area contributed by atoms with Crippen molar-refractivity contribution >= 4 is 10.9 Å². The van der Waals surface area contributed by atoms with Gasteiger partial charge in [0.25, 0.3) is 5.56 Å². The van der Waals surface area contributed by atoms with Gasteiger partial charge in [-0.1, -0.05) is 18.2 Å². The molecule has 0 unspecified atom stereocenters. The van der Waals surface area contributed by atoms with Crippen LogP contribution in [-0.4, -0.2) is 35.1 Å². The molecule has 2 aromatic carbocycles. The zero-order valence-corrected chi connectivity index (χ0v) is 22.7. The Balaban J connectivity index is 1.52. The molecule has 0 saturated heterocycles. The van der Waals surface area contributed by atoms with Crippen LogP contribution in [0, 0.1) is 19.7 Å². The van der Waals surface area contributed by atoms with E-state index in [0.29, 0.717) is 31.0 Å². The first-order chi connectivity index (χ1) is 19.9. The third kappa shape index (κ3) is 5.68. The van der Waals surface area contributed by atoms with Crippen molar-refractivity contribution < 1.29 is 8.81 Å². The Morgan fingerprint density at radius 3 is 2.59 bits per heavy atom. The number of hydrogen-bond acceptors (Lipinski definition) is 7. The van der Waals surface area contributed by atoms with E-state index in [1.165, 1.54) is 12.1 Å². The van der Waals surface area contributed by atoms with E-state index in [0.717, 1.165) is 38.9 Å². The molecule has 4 heterocycles. The highest BCUT2D eigenvalue weighted by Gasteiger charge is 2.31. The molecule has 0 aliphatic rings. The van der Waals surface area contributed by atoms with E-state index in [9.17, 15) is 9.18 Å². The highest BCUT2D eigenvalue weighted by Crippen LogP contribution is 2.31. The second-order valence-corrected chi connectivity index (χ2v) is 10.1. The van der Waals surface area contributed by atoms with Crippen molar-refractivity contribution in [1.29, 1.82) is 0 Å². The lowest BCUT2D eigenvalue weighted by Crippen LogP contribution is -2.35. The highest BCUT2D eigenvalue weighted by molar-refractivity contribution is 5.81. The van der Waals surface area contributed by atoms with Gasteiger partial charge in [-0.15, -0.1) is 5.10 Å². The summed E-state index contributed by atoms with van der Waals surface area (Å²) < 4.78 is 21.0. The summed E-state index contributed by atoms with van der Waals surface area (Å²) >= 11 is 0. The largest absolute Gasteiger partial charge is 0.468 e. The van der Waals surface area contributed by atoms with Crippen LogP contribution in [0.1, 0.15) is 45.4 Å². The molecular formula is C31H28FN7O2. The zero-order chi connectivity index (χ0) is 28.3. The Bertz CT molecular complexity index is 1830. The highest BCUT2D eigenvalue weighted by atomic mass is 19.1. The van der Waals surface area contributed by atoms with Gasteiger partial charge in [0.05, 0.1) is 19.4 Å². The number of aromatic amines is 1. The number of tetrazole rings is 1. The monoisotopic (exact) mass is 549 g/mol. The molecule has 4 aromatic heterocycles. The topological polar surface area (TPSA) is 106 Å². The summed E-state index contributed by atoms with van der Waals surface area (Å²) in [4.78, 5) is 23.3. The standard InChI is InChI=1S/C31H28FN7O2/c1-20-13-24-15-27(31(40)34-28(24)14-21(20)2)29(30-35-36-37-39(30)18-22-7-9-25(32)10-8-22)38(19-26-6-4-12-41-26)17-23-5-3-11-33-16-23/h3-16,29H,17-19H2,1-2H3,(H,34,40)/t29-/m1/s1. The minimum Gasteiger partial charge on any atom is -0.468 e. The molecule has 10 heteroatoms. The molecule has 0 bridgehead atoms. The summed E-state index contributed by atoms with van der Waals surface area (Å²) in [5, 5.41) is 13.6. The number of H-pyrrole nitrogens is 1. The molecule has 0 fully saturated rings. The third-order valence-electron chi connectivity index (χ3n) is 7.24. The van der Waals surface area contributed by atoms with Gasteiger partial charge in [-0.05, 0) is 100 Å². The van der Waals surface area contributed by atoms with Gasteiger partial charge in [-0.2, -0.15) is 0 Å². The molecule has 6 rings (SSSR count). The molecule has 6 aromatic rings. The van der Waals surface area contributed by atoms with Crippen LogP contribution < -0.4 is 5.56 Å². The van der Waals surface area contributed by atoms with E-state index in [-0.39, 0.29) is 11.4 Å². The average molecular weight is 550 g/mol. The number of aryl methyl sites for hydroxylation is 2. The number of furan rings is 1. The molecule has 0 radical (unpaired) electrons. The zero-order valence-electron chi connectivity index (χ0n) is 22.7. The van der Waals surface area contributed by atoms with Crippen LogP contribution in [0.3, 0.4) is 0 Å². The Hall–Kier alpha value is -4.96. The Morgan fingerprint density at radius 2 is 1.83 bits per heavy atom. The van der Waals surface area contributed by atoms with Crippen LogP contribution in [0.5, 0.6) is 0 Å². The number of pyridine rings is 2. The number of rotatable bonds is 9. The van der Waals surface area contributed by atoms with Crippen molar-refractivity contribution in [3.63, 3.8) is 0 Å². The second-order valence-electron chi connectivity index (χ2n) is 10.1. The molecule has 206 valence electrons. The molecule has 0 spiro atoms. The van der Waals surface area contributed by atoms with Crippen LogP contribution >= 0.6 is 0 Å². The first-order valence-electron chi connectivity index (χ1n) is 13.2. The van der Waals surface area contributed by atoms with E-state index in [1.54, 1.807) is 35.5 Å². The SMILES string of the molecule is Cc1cc2cc([C@H](c3nnnn3Cc3ccc(F)cc3)N(Cc3cccnc3)Cc3ccco3)c(=O)[nH]c2cc1C. The minimum absolute atomic E-state index is 0.238. The first kappa shape index (κ1) is 26.3. The number of halogens is 1. The number of hydrogen-bond donors (Lipinski definition) is 1. The van der Waals surface area contributed by atoms with Crippen molar-refractivity contribution in [1.82, 2.24) is 35.1 Å². The number of benzene rings is 2. The number of aromatic nitrogens is 6.